The number of pyridine rings is 1. The van der Waals surface area contributed by atoms with Crippen LogP contribution in [0.15, 0.2) is 73.2 Å². The van der Waals surface area contributed by atoms with Gasteiger partial charge in [0.2, 0.25) is 5.91 Å². The second kappa shape index (κ2) is 11.2. The van der Waals surface area contributed by atoms with Crippen molar-refractivity contribution in [3.8, 4) is 11.5 Å². The second-order valence-corrected chi connectivity index (χ2v) is 7.48. The van der Waals surface area contributed by atoms with E-state index in [1.165, 1.54) is 5.39 Å². The van der Waals surface area contributed by atoms with Gasteiger partial charge in [0.25, 0.3) is 0 Å². The summed E-state index contributed by atoms with van der Waals surface area (Å²) in [5, 5.41) is 11.3. The van der Waals surface area contributed by atoms with Gasteiger partial charge in [-0.25, -0.2) is 4.79 Å². The fourth-order valence-electron chi connectivity index (χ4n) is 3.19. The molecule has 0 saturated carbocycles. The van der Waals surface area contributed by atoms with Crippen molar-refractivity contribution in [3.63, 3.8) is 0 Å². The predicted molar refractivity (Wildman–Crippen MR) is 124 cm³/mol. The van der Waals surface area contributed by atoms with Gasteiger partial charge >= 0.3 is 12.1 Å². The minimum absolute atomic E-state index is 0.00870. The van der Waals surface area contributed by atoms with Gasteiger partial charge in [-0.05, 0) is 60.9 Å². The van der Waals surface area contributed by atoms with Gasteiger partial charge in [-0.15, -0.1) is 0 Å². The van der Waals surface area contributed by atoms with E-state index in [2.05, 4.69) is 21.4 Å². The maximum Gasteiger partial charge on any atom is 0.490 e. The maximum atomic E-state index is 12.4. The van der Waals surface area contributed by atoms with E-state index in [-0.39, 0.29) is 5.91 Å². The Kier molecular flexibility index (Phi) is 8.08. The highest BCUT2D eigenvalue weighted by atomic mass is 19.4. The summed E-state index contributed by atoms with van der Waals surface area (Å²) in [5.74, 6) is -1.34. The molecule has 0 bridgehead atoms. The zero-order valence-electron chi connectivity index (χ0n) is 18.6. The highest BCUT2D eigenvalue weighted by Gasteiger charge is 2.38. The van der Waals surface area contributed by atoms with Gasteiger partial charge in [0.1, 0.15) is 11.5 Å². The van der Waals surface area contributed by atoms with Gasteiger partial charge in [0.15, 0.2) is 0 Å². The van der Waals surface area contributed by atoms with Crippen LogP contribution in [0.4, 0.5) is 18.9 Å². The summed E-state index contributed by atoms with van der Waals surface area (Å²) in [6.07, 6.45) is 1.38. The molecule has 3 N–H and O–H groups in total. The molecule has 0 aliphatic heterocycles. The van der Waals surface area contributed by atoms with Gasteiger partial charge in [-0.1, -0.05) is 18.2 Å². The third-order valence-electron chi connectivity index (χ3n) is 4.86. The number of aromatic amines is 1. The summed E-state index contributed by atoms with van der Waals surface area (Å²) in [7, 11) is 0. The van der Waals surface area contributed by atoms with Crippen molar-refractivity contribution >= 4 is 28.5 Å². The molecule has 4 aromatic rings. The van der Waals surface area contributed by atoms with Crippen molar-refractivity contribution in [1.29, 1.82) is 0 Å². The molecule has 2 aromatic heterocycles. The Morgan fingerprint density at radius 1 is 1.11 bits per heavy atom. The number of nitrogens with zero attached hydrogens (tertiary/aromatic N) is 1. The number of carboxylic acids is 1. The number of carboxylic acid groups (broad SMARTS) is 1. The van der Waals surface area contributed by atoms with Crippen LogP contribution in [0, 0.1) is 6.92 Å². The molecule has 2 heterocycles. The first kappa shape index (κ1) is 25.3. The molecule has 0 aliphatic rings. The van der Waals surface area contributed by atoms with Crippen molar-refractivity contribution in [2.24, 2.45) is 0 Å². The normalized spacial score (nSPS) is 10.9. The lowest BCUT2D eigenvalue weighted by molar-refractivity contribution is -0.192. The number of anilines is 1. The first-order valence-corrected chi connectivity index (χ1v) is 10.5. The average Bonchev–Trinajstić information content (AvgIpc) is 3.23. The molecule has 0 spiro atoms. The van der Waals surface area contributed by atoms with Crippen LogP contribution in [-0.4, -0.2) is 33.1 Å². The van der Waals surface area contributed by atoms with E-state index >= 15 is 0 Å². The molecule has 0 saturated heterocycles. The molecule has 0 radical (unpaired) electrons. The predicted octanol–water partition coefficient (Wildman–Crippen LogP) is 5.87. The maximum absolute atomic E-state index is 12.4. The fraction of sp³-hybridized carbons (Fsp3) is 0.160. The number of alkyl halides is 3. The Labute approximate surface area is 198 Å². The van der Waals surface area contributed by atoms with Gasteiger partial charge in [-0.3, -0.25) is 9.78 Å². The number of carbonyl (C=O) groups excluding carboxylic acids is 1. The zero-order chi connectivity index (χ0) is 25.4. The minimum Gasteiger partial charge on any atom is -0.475 e. The lowest BCUT2D eigenvalue weighted by Crippen LogP contribution is -2.21. The molecule has 7 nitrogen and oxygen atoms in total. The lowest BCUT2D eigenvalue weighted by Gasteiger charge is -2.11. The number of hydrogen-bond acceptors (Lipinski definition) is 4. The standard InChI is InChI=1S/C23H21N3O2.C2HF3O2/c1-16-13-18(9-10-22(16)28-19-5-4-12-24-15-19)26-23(27)11-8-17-14-25-21-7-3-2-6-20(17)21;3-2(4,5)1(6)7/h2-7,9-10,12-15,25H,8,11H2,1H3,(H,26,27);(H,6,7). The molecule has 0 aliphatic carbocycles. The third-order valence-corrected chi connectivity index (χ3v) is 4.86. The molecule has 182 valence electrons. The van der Waals surface area contributed by atoms with E-state index in [1.807, 2.05) is 61.7 Å². The molecule has 4 rings (SSSR count). The molecule has 35 heavy (non-hydrogen) atoms. The Hall–Kier alpha value is -4.34. The number of carbonyl (C=O) groups is 2. The number of amides is 1. The van der Waals surface area contributed by atoms with E-state index in [0.29, 0.717) is 18.6 Å². The van der Waals surface area contributed by atoms with Crippen molar-refractivity contribution in [1.82, 2.24) is 9.97 Å². The highest BCUT2D eigenvalue weighted by Crippen LogP contribution is 2.27. The van der Waals surface area contributed by atoms with Crippen molar-refractivity contribution < 1.29 is 32.6 Å². The summed E-state index contributed by atoms with van der Waals surface area (Å²) < 4.78 is 37.6. The number of fused-ring (bicyclic) bond motifs is 1. The van der Waals surface area contributed by atoms with Gasteiger partial charge < -0.3 is 20.1 Å². The van der Waals surface area contributed by atoms with Crippen molar-refractivity contribution in [3.05, 3.63) is 84.3 Å². The topological polar surface area (TPSA) is 104 Å². The number of aryl methyl sites for hydroxylation is 2. The number of nitrogens with one attached hydrogen (secondary N) is 2. The van der Waals surface area contributed by atoms with Crippen LogP contribution in [0.5, 0.6) is 11.5 Å². The van der Waals surface area contributed by atoms with Gasteiger partial charge in [0.05, 0.1) is 6.20 Å². The Morgan fingerprint density at radius 2 is 1.86 bits per heavy atom. The van der Waals surface area contributed by atoms with Gasteiger partial charge in [-0.2, -0.15) is 13.2 Å². The molecule has 1 amide bonds. The molecular formula is C25H22F3N3O4. The van der Waals surface area contributed by atoms with Crippen LogP contribution in [-0.2, 0) is 16.0 Å². The Bertz CT molecular complexity index is 1300. The minimum atomic E-state index is -5.08. The largest absolute Gasteiger partial charge is 0.490 e. The summed E-state index contributed by atoms with van der Waals surface area (Å²) in [6.45, 7) is 1.95. The first-order chi connectivity index (χ1) is 16.6. The first-order valence-electron chi connectivity index (χ1n) is 10.5. The Morgan fingerprint density at radius 3 is 2.51 bits per heavy atom. The number of benzene rings is 2. The molecule has 2 aromatic carbocycles. The van der Waals surface area contributed by atoms with Crippen molar-refractivity contribution in [2.75, 3.05) is 5.32 Å². The fourth-order valence-corrected chi connectivity index (χ4v) is 3.19. The van der Waals surface area contributed by atoms with Crippen LogP contribution in [0.1, 0.15) is 17.5 Å². The molecule has 10 heteroatoms. The van der Waals surface area contributed by atoms with Crippen molar-refractivity contribution in [2.45, 2.75) is 25.9 Å². The number of aromatic nitrogens is 2. The lowest BCUT2D eigenvalue weighted by atomic mass is 10.1. The average molecular weight is 485 g/mol. The molecule has 0 fully saturated rings. The molecular weight excluding hydrogens is 463 g/mol. The highest BCUT2D eigenvalue weighted by molar-refractivity contribution is 5.91. The second-order valence-electron chi connectivity index (χ2n) is 7.48. The number of hydrogen-bond donors (Lipinski definition) is 3. The summed E-state index contributed by atoms with van der Waals surface area (Å²) in [6, 6.07) is 17.4. The number of ether oxygens (including phenoxy) is 1. The van der Waals surface area contributed by atoms with E-state index in [9.17, 15) is 18.0 Å². The van der Waals surface area contributed by atoms with Gasteiger partial charge in [0, 0.05) is 35.4 Å². The van der Waals surface area contributed by atoms with Crippen LogP contribution in [0.25, 0.3) is 10.9 Å². The SMILES string of the molecule is Cc1cc(NC(=O)CCc2c[nH]c3ccccc23)ccc1Oc1cccnc1.O=C(O)C(F)(F)F. The summed E-state index contributed by atoms with van der Waals surface area (Å²) in [5.41, 5.74) is 3.96. The Balaban J connectivity index is 0.000000429. The van der Waals surface area contributed by atoms with E-state index in [1.54, 1.807) is 12.4 Å². The number of H-pyrrole nitrogens is 1. The number of para-hydroxylation sites is 1. The smallest absolute Gasteiger partial charge is 0.475 e. The van der Waals surface area contributed by atoms with Crippen LogP contribution in [0.3, 0.4) is 0 Å². The summed E-state index contributed by atoms with van der Waals surface area (Å²) >= 11 is 0. The number of aliphatic carboxylic acids is 1. The zero-order valence-corrected chi connectivity index (χ0v) is 18.6. The molecule has 0 unspecified atom stereocenters. The van der Waals surface area contributed by atoms with E-state index in [4.69, 9.17) is 14.6 Å². The van der Waals surface area contributed by atoms with Crippen LogP contribution in [0.2, 0.25) is 0 Å². The number of rotatable bonds is 6. The third kappa shape index (κ3) is 7.32. The summed E-state index contributed by atoms with van der Waals surface area (Å²) in [4.78, 5) is 28.6. The van der Waals surface area contributed by atoms with Crippen LogP contribution < -0.4 is 10.1 Å². The quantitative estimate of drug-likeness (QED) is 0.317. The monoisotopic (exact) mass is 485 g/mol. The molecule has 0 atom stereocenters. The van der Waals surface area contributed by atoms with E-state index in [0.717, 1.165) is 28.1 Å². The number of halogens is 3. The van der Waals surface area contributed by atoms with E-state index < -0.39 is 12.1 Å². The van der Waals surface area contributed by atoms with Crippen LogP contribution >= 0.6 is 0 Å².